The summed E-state index contributed by atoms with van der Waals surface area (Å²) < 4.78 is 16.9. The molecule has 0 aromatic rings. The zero-order valence-electron chi connectivity index (χ0n) is 53.3. The molecule has 0 aliphatic rings. The summed E-state index contributed by atoms with van der Waals surface area (Å²) >= 11 is 0. The van der Waals surface area contributed by atoms with Crippen LogP contribution >= 0.6 is 0 Å². The SMILES string of the molecule is CC/C=C\C/C=C\C/C=C\CCCCCCCC(=O)OC(COC(=O)CCCCCCC/C=C\C/C=C\CCCC)COC(=O)CCCCCCCCCCCCCCCCCCCCCCC/C=C\CCCCCCCCCC. The predicted octanol–water partition coefficient (Wildman–Crippen LogP) is 24.1. The van der Waals surface area contributed by atoms with E-state index in [0.717, 1.165) is 116 Å². The van der Waals surface area contributed by atoms with Gasteiger partial charge in [0, 0.05) is 19.3 Å². The molecule has 0 fully saturated rings. The fourth-order valence-electron chi connectivity index (χ4n) is 10.2. The molecule has 464 valence electrons. The molecule has 0 aromatic carbocycles. The number of ether oxygens (including phenoxy) is 3. The third-order valence-corrected chi connectivity index (χ3v) is 15.4. The van der Waals surface area contributed by atoms with E-state index in [1.54, 1.807) is 0 Å². The van der Waals surface area contributed by atoms with E-state index in [9.17, 15) is 14.4 Å². The van der Waals surface area contributed by atoms with Crippen molar-refractivity contribution in [2.24, 2.45) is 0 Å². The summed E-state index contributed by atoms with van der Waals surface area (Å²) in [6.45, 7) is 6.50. The Labute approximate surface area is 497 Å². The molecule has 0 bridgehead atoms. The third-order valence-electron chi connectivity index (χ3n) is 15.4. The lowest BCUT2D eigenvalue weighted by molar-refractivity contribution is -0.167. The van der Waals surface area contributed by atoms with Crippen molar-refractivity contribution < 1.29 is 28.6 Å². The first-order valence-electron chi connectivity index (χ1n) is 34.9. The molecular formula is C74H132O6. The molecule has 0 aromatic heterocycles. The number of carbonyl (C=O) groups is 3. The van der Waals surface area contributed by atoms with E-state index in [1.165, 1.54) is 205 Å². The van der Waals surface area contributed by atoms with E-state index in [-0.39, 0.29) is 31.1 Å². The van der Waals surface area contributed by atoms with Gasteiger partial charge in [0.15, 0.2) is 6.10 Å². The first-order valence-corrected chi connectivity index (χ1v) is 34.9. The number of hydrogen-bond acceptors (Lipinski definition) is 6. The molecule has 1 unspecified atom stereocenters. The largest absolute Gasteiger partial charge is 0.462 e. The first-order chi connectivity index (χ1) is 39.5. The van der Waals surface area contributed by atoms with Gasteiger partial charge in [0.1, 0.15) is 13.2 Å². The van der Waals surface area contributed by atoms with Crippen molar-refractivity contribution in [3.63, 3.8) is 0 Å². The number of unbranched alkanes of at least 4 members (excludes halogenated alkanes) is 41. The lowest BCUT2D eigenvalue weighted by Gasteiger charge is -2.18. The molecule has 0 rings (SSSR count). The second kappa shape index (κ2) is 68.3. The molecule has 0 aliphatic heterocycles. The molecule has 0 amide bonds. The van der Waals surface area contributed by atoms with Crippen molar-refractivity contribution in [1.29, 1.82) is 0 Å². The molecule has 0 spiro atoms. The van der Waals surface area contributed by atoms with Gasteiger partial charge >= 0.3 is 17.9 Å². The summed E-state index contributed by atoms with van der Waals surface area (Å²) in [4.78, 5) is 38.3. The van der Waals surface area contributed by atoms with Crippen molar-refractivity contribution in [3.8, 4) is 0 Å². The summed E-state index contributed by atoms with van der Waals surface area (Å²) in [7, 11) is 0. The molecule has 0 radical (unpaired) electrons. The molecule has 0 heterocycles. The quantitative estimate of drug-likeness (QED) is 0.0261. The van der Waals surface area contributed by atoms with Crippen LogP contribution in [0.5, 0.6) is 0 Å². The maximum absolute atomic E-state index is 12.9. The van der Waals surface area contributed by atoms with E-state index < -0.39 is 6.10 Å². The van der Waals surface area contributed by atoms with Gasteiger partial charge < -0.3 is 14.2 Å². The molecule has 0 N–H and O–H groups in total. The minimum absolute atomic E-state index is 0.0843. The number of rotatable bonds is 64. The summed E-state index contributed by atoms with van der Waals surface area (Å²) in [5, 5.41) is 0. The molecule has 0 saturated heterocycles. The van der Waals surface area contributed by atoms with Crippen LogP contribution in [0.15, 0.2) is 72.9 Å². The van der Waals surface area contributed by atoms with Gasteiger partial charge in [-0.2, -0.15) is 0 Å². The van der Waals surface area contributed by atoms with Crippen LogP contribution < -0.4 is 0 Å². The topological polar surface area (TPSA) is 78.9 Å². The third kappa shape index (κ3) is 65.7. The Hall–Kier alpha value is -3.15. The standard InChI is InChI=1S/C74H132O6/c1-4-7-10-13-16-19-22-25-28-29-30-31-32-33-34-35-36-37-38-39-40-41-42-43-44-45-47-49-52-55-58-61-64-67-73(76)79-70-71(69-78-72(75)66-63-60-57-54-51-48-27-24-21-18-15-12-9-6-3)80-74(77)68-65-62-59-56-53-50-46-26-23-20-17-14-11-8-5-2/h8,11,15,17-18,20,24,26-27,29-30,46,71H,4-7,9-10,12-14,16,19,21-23,25,28,31-45,47-70H2,1-3H3/b11-8-,18-15-,20-17-,27-24-,30-29-,46-26-. The number of allylic oxidation sites excluding steroid dienone is 12. The van der Waals surface area contributed by atoms with Crippen LogP contribution in [0.4, 0.5) is 0 Å². The average Bonchev–Trinajstić information content (AvgIpc) is 3.46. The second-order valence-corrected chi connectivity index (χ2v) is 23.4. The maximum atomic E-state index is 12.9. The van der Waals surface area contributed by atoms with Gasteiger partial charge in [0.25, 0.3) is 0 Å². The Morgan fingerprint density at radius 1 is 0.263 bits per heavy atom. The normalized spacial score (nSPS) is 12.5. The van der Waals surface area contributed by atoms with E-state index in [1.807, 2.05) is 0 Å². The molecule has 0 aliphatic carbocycles. The molecule has 6 heteroatoms. The zero-order valence-corrected chi connectivity index (χ0v) is 53.3. The van der Waals surface area contributed by atoms with Crippen molar-refractivity contribution in [2.75, 3.05) is 13.2 Å². The second-order valence-electron chi connectivity index (χ2n) is 23.4. The fourth-order valence-corrected chi connectivity index (χ4v) is 10.2. The summed E-state index contributed by atoms with van der Waals surface area (Å²) in [5.41, 5.74) is 0. The Morgan fingerprint density at radius 3 is 0.812 bits per heavy atom. The van der Waals surface area contributed by atoms with Gasteiger partial charge in [-0.15, -0.1) is 0 Å². The van der Waals surface area contributed by atoms with Gasteiger partial charge in [-0.05, 0) is 103 Å². The van der Waals surface area contributed by atoms with Gasteiger partial charge in [-0.25, -0.2) is 0 Å². The monoisotopic (exact) mass is 1120 g/mol. The predicted molar refractivity (Wildman–Crippen MR) is 348 cm³/mol. The Balaban J connectivity index is 4.13. The minimum atomic E-state index is -0.790. The van der Waals surface area contributed by atoms with Crippen LogP contribution in [0.2, 0.25) is 0 Å². The van der Waals surface area contributed by atoms with Crippen LogP contribution in [-0.4, -0.2) is 37.2 Å². The van der Waals surface area contributed by atoms with Crippen molar-refractivity contribution in [2.45, 2.75) is 367 Å². The van der Waals surface area contributed by atoms with Crippen molar-refractivity contribution in [1.82, 2.24) is 0 Å². The highest BCUT2D eigenvalue weighted by Crippen LogP contribution is 2.18. The molecule has 6 nitrogen and oxygen atoms in total. The van der Waals surface area contributed by atoms with Crippen LogP contribution in [0.3, 0.4) is 0 Å². The van der Waals surface area contributed by atoms with E-state index in [2.05, 4.69) is 93.7 Å². The van der Waals surface area contributed by atoms with Gasteiger partial charge in [0.2, 0.25) is 0 Å². The molecule has 0 saturated carbocycles. The maximum Gasteiger partial charge on any atom is 0.306 e. The fraction of sp³-hybridized carbons (Fsp3) is 0.797. The number of esters is 3. The molecule has 1 atom stereocenters. The highest BCUT2D eigenvalue weighted by Gasteiger charge is 2.19. The van der Waals surface area contributed by atoms with Gasteiger partial charge in [0.05, 0.1) is 0 Å². The summed E-state index contributed by atoms with van der Waals surface area (Å²) in [6.07, 6.45) is 89.5. The number of carbonyl (C=O) groups excluding carboxylic acids is 3. The molecular weight excluding hydrogens is 985 g/mol. The summed E-state index contributed by atoms with van der Waals surface area (Å²) in [5.74, 6) is -0.900. The average molecular weight is 1120 g/mol. The van der Waals surface area contributed by atoms with Crippen molar-refractivity contribution >= 4 is 17.9 Å². The lowest BCUT2D eigenvalue weighted by Crippen LogP contribution is -2.30. The lowest BCUT2D eigenvalue weighted by atomic mass is 10.0. The Morgan fingerprint density at radius 2 is 0.500 bits per heavy atom. The Bertz CT molecular complexity index is 1470. The van der Waals surface area contributed by atoms with Crippen LogP contribution in [-0.2, 0) is 28.6 Å². The van der Waals surface area contributed by atoms with Crippen LogP contribution in [0, 0.1) is 0 Å². The van der Waals surface area contributed by atoms with Gasteiger partial charge in [-0.3, -0.25) is 14.4 Å². The minimum Gasteiger partial charge on any atom is -0.462 e. The van der Waals surface area contributed by atoms with Gasteiger partial charge in [-0.1, -0.05) is 312 Å². The summed E-state index contributed by atoms with van der Waals surface area (Å²) in [6, 6.07) is 0. The van der Waals surface area contributed by atoms with Crippen LogP contribution in [0.1, 0.15) is 361 Å². The Kier molecular flexibility index (Phi) is 65.7. The molecule has 80 heavy (non-hydrogen) atoms. The first kappa shape index (κ1) is 76.9. The highest BCUT2D eigenvalue weighted by molar-refractivity contribution is 5.71. The smallest absolute Gasteiger partial charge is 0.306 e. The van der Waals surface area contributed by atoms with E-state index in [4.69, 9.17) is 14.2 Å². The van der Waals surface area contributed by atoms with E-state index >= 15 is 0 Å². The number of hydrogen-bond donors (Lipinski definition) is 0. The van der Waals surface area contributed by atoms with E-state index in [0.29, 0.717) is 19.3 Å². The van der Waals surface area contributed by atoms with Crippen LogP contribution in [0.25, 0.3) is 0 Å². The zero-order chi connectivity index (χ0) is 57.8. The van der Waals surface area contributed by atoms with Crippen molar-refractivity contribution in [3.05, 3.63) is 72.9 Å². The highest BCUT2D eigenvalue weighted by atomic mass is 16.6.